The smallest absolute Gasteiger partial charge is 0.336 e. The summed E-state index contributed by atoms with van der Waals surface area (Å²) in [6.07, 6.45) is 1.37. The molecule has 186 valence electrons. The zero-order chi connectivity index (χ0) is 26.4. The number of amides is 1. The summed E-state index contributed by atoms with van der Waals surface area (Å²) in [4.78, 5) is 25.5. The summed E-state index contributed by atoms with van der Waals surface area (Å²) in [6.45, 7) is 6.32. The third-order valence-electron chi connectivity index (χ3n) is 4.92. The quantitative estimate of drug-likeness (QED) is 0.332. The number of anilines is 1. The lowest BCUT2D eigenvalue weighted by Crippen LogP contribution is -2.57. The molecule has 0 radical (unpaired) electrons. The van der Waals surface area contributed by atoms with Gasteiger partial charge in [-0.3, -0.25) is 4.79 Å². The highest BCUT2D eigenvalue weighted by molar-refractivity contribution is 6.13. The lowest BCUT2D eigenvalue weighted by molar-refractivity contribution is -0.162. The second-order valence-electron chi connectivity index (χ2n) is 8.86. The molecule has 0 fully saturated rings. The fourth-order valence-corrected chi connectivity index (χ4v) is 3.06. The Labute approximate surface area is 205 Å². The predicted octanol–water partition coefficient (Wildman–Crippen LogP) is 3.67. The van der Waals surface area contributed by atoms with Gasteiger partial charge in [0.05, 0.1) is 33.1 Å². The monoisotopic (exact) mass is 481 g/mol. The molecular formula is C26H31N3O6. The number of esters is 1. The van der Waals surface area contributed by atoms with Crippen molar-refractivity contribution in [3.05, 3.63) is 53.6 Å². The Morgan fingerprint density at radius 1 is 0.943 bits per heavy atom. The highest BCUT2D eigenvalue weighted by Crippen LogP contribution is 2.35. The molecule has 9 heteroatoms. The van der Waals surface area contributed by atoms with Gasteiger partial charge >= 0.3 is 5.97 Å². The van der Waals surface area contributed by atoms with E-state index in [1.54, 1.807) is 57.2 Å². The van der Waals surface area contributed by atoms with E-state index >= 15 is 0 Å². The minimum Gasteiger partial charge on any atom is -0.497 e. The van der Waals surface area contributed by atoms with Crippen LogP contribution >= 0.6 is 0 Å². The van der Waals surface area contributed by atoms with Crippen LogP contribution in [0.1, 0.15) is 38.8 Å². The number of carbonyl (C=O) groups excluding carboxylic acids is 2. The van der Waals surface area contributed by atoms with Gasteiger partial charge in [0, 0.05) is 12.1 Å². The van der Waals surface area contributed by atoms with E-state index in [4.69, 9.17) is 24.7 Å². The van der Waals surface area contributed by atoms with Crippen molar-refractivity contribution in [1.29, 1.82) is 5.26 Å². The largest absolute Gasteiger partial charge is 0.497 e. The van der Waals surface area contributed by atoms with E-state index in [1.165, 1.54) is 34.3 Å². The third kappa shape index (κ3) is 6.74. The molecule has 9 nitrogen and oxygen atoms in total. The molecule has 1 amide bonds. The Hall–Kier alpha value is -4.03. The van der Waals surface area contributed by atoms with E-state index in [9.17, 15) is 14.9 Å². The van der Waals surface area contributed by atoms with Gasteiger partial charge in [0.25, 0.3) is 5.91 Å². The first-order valence-corrected chi connectivity index (χ1v) is 10.7. The van der Waals surface area contributed by atoms with Crippen LogP contribution in [0.25, 0.3) is 5.57 Å². The fourth-order valence-electron chi connectivity index (χ4n) is 3.06. The van der Waals surface area contributed by atoms with Gasteiger partial charge in [-0.1, -0.05) is 6.07 Å². The van der Waals surface area contributed by atoms with Crippen molar-refractivity contribution in [3.8, 4) is 23.3 Å². The maximum atomic E-state index is 13.0. The molecule has 0 heterocycles. The van der Waals surface area contributed by atoms with Crippen molar-refractivity contribution in [2.24, 2.45) is 5.73 Å². The van der Waals surface area contributed by atoms with Gasteiger partial charge in [-0.2, -0.15) is 5.26 Å². The predicted molar refractivity (Wildman–Crippen MR) is 132 cm³/mol. The van der Waals surface area contributed by atoms with Gasteiger partial charge in [0.1, 0.15) is 22.8 Å². The zero-order valence-electron chi connectivity index (χ0n) is 21.0. The van der Waals surface area contributed by atoms with E-state index in [2.05, 4.69) is 5.32 Å². The first-order chi connectivity index (χ1) is 16.4. The van der Waals surface area contributed by atoms with E-state index in [-0.39, 0.29) is 5.69 Å². The highest BCUT2D eigenvalue weighted by Gasteiger charge is 2.41. The van der Waals surface area contributed by atoms with Crippen molar-refractivity contribution in [2.75, 3.05) is 26.6 Å². The van der Waals surface area contributed by atoms with Gasteiger partial charge in [-0.25, -0.2) is 4.79 Å². The average molecular weight is 482 g/mol. The molecule has 0 saturated carbocycles. The number of hydrogen-bond donors (Lipinski definition) is 2. The second kappa shape index (κ2) is 10.9. The molecule has 1 atom stereocenters. The van der Waals surface area contributed by atoms with Crippen LogP contribution in [0.3, 0.4) is 0 Å². The Balaban J connectivity index is 2.50. The molecular weight excluding hydrogens is 450 g/mol. The summed E-state index contributed by atoms with van der Waals surface area (Å²) in [5, 5.41) is 12.1. The van der Waals surface area contributed by atoms with Crippen LogP contribution in [-0.4, -0.2) is 44.3 Å². The Morgan fingerprint density at radius 3 is 2.03 bits per heavy atom. The number of nitriles is 1. The van der Waals surface area contributed by atoms with Gasteiger partial charge in [-0.05, 0) is 68.7 Å². The highest BCUT2D eigenvalue weighted by atomic mass is 16.6. The Bertz CT molecular complexity index is 1150. The molecule has 2 aromatic rings. The normalized spacial score (nSPS) is 13.2. The molecule has 1 unspecified atom stereocenters. The van der Waals surface area contributed by atoms with E-state index < -0.39 is 23.0 Å². The number of carbonyl (C=O) groups is 2. The molecule has 35 heavy (non-hydrogen) atoms. The average Bonchev–Trinajstić information content (AvgIpc) is 2.80. The van der Waals surface area contributed by atoms with Crippen molar-refractivity contribution >= 4 is 23.1 Å². The summed E-state index contributed by atoms with van der Waals surface area (Å²) in [5.74, 6) is -0.230. The van der Waals surface area contributed by atoms with Crippen LogP contribution in [0, 0.1) is 11.3 Å². The van der Waals surface area contributed by atoms with Crippen LogP contribution in [0.4, 0.5) is 5.69 Å². The molecule has 0 bridgehead atoms. The van der Waals surface area contributed by atoms with E-state index in [0.717, 1.165) is 0 Å². The number of nitrogens with two attached hydrogens (primary N) is 1. The molecule has 2 aromatic carbocycles. The molecule has 0 saturated heterocycles. The summed E-state index contributed by atoms with van der Waals surface area (Å²) >= 11 is 0. The first kappa shape index (κ1) is 27.2. The maximum Gasteiger partial charge on any atom is 0.336 e. The number of hydrogen-bond acceptors (Lipinski definition) is 8. The van der Waals surface area contributed by atoms with Gasteiger partial charge in [-0.15, -0.1) is 0 Å². The maximum absolute atomic E-state index is 13.0. The van der Waals surface area contributed by atoms with Crippen molar-refractivity contribution < 1.29 is 28.5 Å². The van der Waals surface area contributed by atoms with Crippen molar-refractivity contribution in [1.82, 2.24) is 0 Å². The van der Waals surface area contributed by atoms with Crippen molar-refractivity contribution in [3.63, 3.8) is 0 Å². The number of nitrogens with zero attached hydrogens (tertiary/aromatic N) is 1. The van der Waals surface area contributed by atoms with Gasteiger partial charge < -0.3 is 30.0 Å². The standard InChI is InChI=1S/C26H31N3O6/c1-25(2,3)35-24(31)26(4,28)23(30)29-21-14-16(8-9-22(21)34-7)20(10-11-27)17-12-18(32-5)15-19(13-17)33-6/h8-10,12-15H,28H2,1-7H3,(H,29,30). The van der Waals surface area contributed by atoms with E-state index in [0.29, 0.717) is 33.9 Å². The fraction of sp³-hybridized carbons (Fsp3) is 0.346. The van der Waals surface area contributed by atoms with Crippen LogP contribution < -0.4 is 25.3 Å². The Morgan fingerprint density at radius 2 is 1.54 bits per heavy atom. The number of allylic oxidation sites excluding steroid dienone is 1. The lowest BCUT2D eigenvalue weighted by atomic mass is 9.96. The first-order valence-electron chi connectivity index (χ1n) is 10.7. The summed E-state index contributed by atoms with van der Waals surface area (Å²) in [6, 6.07) is 12.3. The van der Waals surface area contributed by atoms with Crippen LogP contribution in [0.15, 0.2) is 42.5 Å². The minimum atomic E-state index is -1.96. The zero-order valence-corrected chi connectivity index (χ0v) is 21.0. The summed E-state index contributed by atoms with van der Waals surface area (Å²) in [7, 11) is 4.50. The molecule has 0 aliphatic carbocycles. The number of benzene rings is 2. The number of nitrogens with one attached hydrogen (secondary N) is 1. The minimum absolute atomic E-state index is 0.258. The molecule has 0 aliphatic rings. The van der Waals surface area contributed by atoms with Crippen LogP contribution in [0.2, 0.25) is 0 Å². The van der Waals surface area contributed by atoms with Gasteiger partial charge in [0.15, 0.2) is 5.54 Å². The van der Waals surface area contributed by atoms with Crippen LogP contribution in [-0.2, 0) is 14.3 Å². The lowest BCUT2D eigenvalue weighted by Gasteiger charge is -2.27. The third-order valence-corrected chi connectivity index (χ3v) is 4.92. The number of rotatable bonds is 8. The second-order valence-corrected chi connectivity index (χ2v) is 8.86. The van der Waals surface area contributed by atoms with Crippen molar-refractivity contribution in [2.45, 2.75) is 38.8 Å². The molecule has 0 spiro atoms. The molecule has 2 rings (SSSR count). The molecule has 0 aromatic heterocycles. The SMILES string of the molecule is COc1cc(OC)cc(C(=CC#N)c2ccc(OC)c(NC(=O)C(C)(N)C(=O)OC(C)(C)C)c2)c1. The number of methoxy groups -OCH3 is 3. The Kier molecular flexibility index (Phi) is 8.50. The summed E-state index contributed by atoms with van der Waals surface area (Å²) in [5.41, 5.74) is 5.32. The molecule has 3 N–H and O–H groups in total. The topological polar surface area (TPSA) is 133 Å². The van der Waals surface area contributed by atoms with Crippen LogP contribution in [0.5, 0.6) is 17.2 Å². The molecule has 0 aliphatic heterocycles. The number of ether oxygens (including phenoxy) is 4. The van der Waals surface area contributed by atoms with Gasteiger partial charge in [0.2, 0.25) is 0 Å². The summed E-state index contributed by atoms with van der Waals surface area (Å²) < 4.78 is 21.4. The van der Waals surface area contributed by atoms with E-state index in [1.807, 2.05) is 6.07 Å².